The standard InChI is InChI=1S/C8H8N2O4.C3H8/c11-5-2-1-3-9-7(5)8(14)10-4-6(12)13;1-3-2/h1-3,11H,4H2,(H,10,14)(H,12,13);3H2,1-2H3. The van der Waals surface area contributed by atoms with Gasteiger partial charge in [0, 0.05) is 6.20 Å². The number of rotatable bonds is 3. The number of amides is 1. The molecule has 0 aliphatic heterocycles. The SMILES string of the molecule is CCC.O=C(O)CNC(=O)c1ncccc1O. The van der Waals surface area contributed by atoms with Crippen molar-refractivity contribution in [2.45, 2.75) is 20.3 Å². The molecule has 0 unspecified atom stereocenters. The van der Waals surface area contributed by atoms with Crippen LogP contribution in [0.3, 0.4) is 0 Å². The van der Waals surface area contributed by atoms with Gasteiger partial charge in [0.1, 0.15) is 12.3 Å². The quantitative estimate of drug-likeness (QED) is 0.732. The Kier molecular flexibility index (Phi) is 7.09. The van der Waals surface area contributed by atoms with Crippen LogP contribution in [0.1, 0.15) is 30.8 Å². The Hall–Kier alpha value is -2.11. The number of carboxylic acids is 1. The molecule has 0 atom stereocenters. The molecule has 0 radical (unpaired) electrons. The molecule has 0 saturated carbocycles. The summed E-state index contributed by atoms with van der Waals surface area (Å²) in [4.78, 5) is 24.9. The third-order valence-electron chi connectivity index (χ3n) is 1.40. The number of carboxylic acid groups (broad SMARTS) is 1. The summed E-state index contributed by atoms with van der Waals surface area (Å²) in [5.74, 6) is -2.16. The molecule has 0 aromatic carbocycles. The third kappa shape index (κ3) is 6.14. The Morgan fingerprint density at radius 3 is 2.47 bits per heavy atom. The van der Waals surface area contributed by atoms with Crippen molar-refractivity contribution in [3.63, 3.8) is 0 Å². The molecule has 6 nitrogen and oxygen atoms in total. The highest BCUT2D eigenvalue weighted by Gasteiger charge is 2.12. The molecule has 0 bridgehead atoms. The van der Waals surface area contributed by atoms with Gasteiger partial charge < -0.3 is 15.5 Å². The third-order valence-corrected chi connectivity index (χ3v) is 1.40. The average Bonchev–Trinajstić information content (AvgIpc) is 2.27. The van der Waals surface area contributed by atoms with Gasteiger partial charge in [-0.3, -0.25) is 9.59 Å². The van der Waals surface area contributed by atoms with Crippen LogP contribution >= 0.6 is 0 Å². The maximum absolute atomic E-state index is 11.2. The minimum absolute atomic E-state index is 0.186. The Labute approximate surface area is 99.3 Å². The molecule has 94 valence electrons. The van der Waals surface area contributed by atoms with Gasteiger partial charge >= 0.3 is 5.97 Å². The molecule has 0 aliphatic rings. The first-order valence-corrected chi connectivity index (χ1v) is 5.16. The van der Waals surface area contributed by atoms with Gasteiger partial charge in [-0.25, -0.2) is 4.98 Å². The molecular formula is C11H16N2O4. The summed E-state index contributed by atoms with van der Waals surface area (Å²) in [6.45, 7) is 3.74. The highest BCUT2D eigenvalue weighted by molar-refractivity contribution is 5.96. The molecule has 17 heavy (non-hydrogen) atoms. The van der Waals surface area contributed by atoms with Crippen LogP contribution in [0.4, 0.5) is 0 Å². The van der Waals surface area contributed by atoms with E-state index in [0.717, 1.165) is 0 Å². The zero-order valence-corrected chi connectivity index (χ0v) is 9.80. The summed E-state index contributed by atoms with van der Waals surface area (Å²) in [5.41, 5.74) is -0.186. The highest BCUT2D eigenvalue weighted by atomic mass is 16.4. The monoisotopic (exact) mass is 240 g/mol. The zero-order chi connectivity index (χ0) is 13.3. The Balaban J connectivity index is 0.000000770. The first-order chi connectivity index (χ1) is 8.02. The van der Waals surface area contributed by atoms with Crippen molar-refractivity contribution in [2.75, 3.05) is 6.54 Å². The van der Waals surface area contributed by atoms with Gasteiger partial charge in [-0.2, -0.15) is 0 Å². The van der Waals surface area contributed by atoms with E-state index in [1.165, 1.54) is 24.8 Å². The summed E-state index contributed by atoms with van der Waals surface area (Å²) in [5, 5.41) is 19.5. The largest absolute Gasteiger partial charge is 0.505 e. The predicted octanol–water partition coefficient (Wildman–Crippen LogP) is 1.02. The zero-order valence-electron chi connectivity index (χ0n) is 9.80. The van der Waals surface area contributed by atoms with Crippen LogP contribution < -0.4 is 5.32 Å². The molecule has 1 aromatic heterocycles. The molecule has 3 N–H and O–H groups in total. The van der Waals surface area contributed by atoms with Gasteiger partial charge in [0.05, 0.1) is 0 Å². The van der Waals surface area contributed by atoms with Crippen LogP contribution in [-0.2, 0) is 4.79 Å². The predicted molar refractivity (Wildman–Crippen MR) is 61.8 cm³/mol. The molecule has 1 heterocycles. The molecule has 1 rings (SSSR count). The lowest BCUT2D eigenvalue weighted by molar-refractivity contribution is -0.135. The molecule has 6 heteroatoms. The summed E-state index contributed by atoms with van der Waals surface area (Å²) < 4.78 is 0. The lowest BCUT2D eigenvalue weighted by Gasteiger charge is -2.02. The smallest absolute Gasteiger partial charge is 0.322 e. The fourth-order valence-corrected chi connectivity index (χ4v) is 0.811. The minimum atomic E-state index is -1.16. The van der Waals surface area contributed by atoms with Crippen molar-refractivity contribution in [2.24, 2.45) is 0 Å². The van der Waals surface area contributed by atoms with Crippen molar-refractivity contribution < 1.29 is 19.8 Å². The number of aromatic hydroxyl groups is 1. The van der Waals surface area contributed by atoms with E-state index in [0.29, 0.717) is 0 Å². The number of nitrogens with zero attached hydrogens (tertiary/aromatic N) is 1. The topological polar surface area (TPSA) is 99.5 Å². The van der Waals surface area contributed by atoms with Crippen LogP contribution in [0.5, 0.6) is 5.75 Å². The fraction of sp³-hybridized carbons (Fsp3) is 0.364. The van der Waals surface area contributed by atoms with Crippen molar-refractivity contribution in [1.29, 1.82) is 0 Å². The van der Waals surface area contributed by atoms with E-state index in [1.807, 2.05) is 0 Å². The Bertz CT molecular complexity index is 379. The molecule has 0 spiro atoms. The number of carbonyl (C=O) groups is 2. The lowest BCUT2D eigenvalue weighted by Crippen LogP contribution is -2.29. The van der Waals surface area contributed by atoms with E-state index in [9.17, 15) is 14.7 Å². The maximum Gasteiger partial charge on any atom is 0.322 e. The van der Waals surface area contributed by atoms with Crippen molar-refractivity contribution >= 4 is 11.9 Å². The van der Waals surface area contributed by atoms with Gasteiger partial charge in [0.2, 0.25) is 0 Å². The van der Waals surface area contributed by atoms with E-state index < -0.39 is 18.4 Å². The number of hydrogen-bond donors (Lipinski definition) is 3. The second-order valence-corrected chi connectivity index (χ2v) is 3.15. The number of nitrogens with one attached hydrogen (secondary N) is 1. The number of aliphatic carboxylic acids is 1. The van der Waals surface area contributed by atoms with E-state index in [1.54, 1.807) is 0 Å². The van der Waals surface area contributed by atoms with Gasteiger partial charge in [-0.05, 0) is 12.1 Å². The van der Waals surface area contributed by atoms with Crippen molar-refractivity contribution in [1.82, 2.24) is 10.3 Å². The van der Waals surface area contributed by atoms with Crippen molar-refractivity contribution in [3.8, 4) is 5.75 Å². The second kappa shape index (κ2) is 8.09. The first kappa shape index (κ1) is 14.9. The number of pyridine rings is 1. The summed E-state index contributed by atoms with van der Waals surface area (Å²) in [6.07, 6.45) is 2.58. The normalized spacial score (nSPS) is 8.82. The number of carbonyl (C=O) groups excluding carboxylic acids is 1. The van der Waals surface area contributed by atoms with Gasteiger partial charge in [-0.15, -0.1) is 0 Å². The van der Waals surface area contributed by atoms with Crippen LogP contribution in [-0.4, -0.2) is 33.6 Å². The lowest BCUT2D eigenvalue weighted by atomic mass is 10.3. The molecule has 0 saturated heterocycles. The van der Waals surface area contributed by atoms with Crippen LogP contribution in [0.25, 0.3) is 0 Å². The first-order valence-electron chi connectivity index (χ1n) is 5.16. The number of hydrogen-bond acceptors (Lipinski definition) is 4. The van der Waals surface area contributed by atoms with Crippen LogP contribution in [0.15, 0.2) is 18.3 Å². The molecular weight excluding hydrogens is 224 g/mol. The maximum atomic E-state index is 11.2. The van der Waals surface area contributed by atoms with E-state index >= 15 is 0 Å². The fourth-order valence-electron chi connectivity index (χ4n) is 0.811. The van der Waals surface area contributed by atoms with Gasteiger partial charge in [0.15, 0.2) is 5.69 Å². The van der Waals surface area contributed by atoms with E-state index in [2.05, 4.69) is 24.1 Å². The second-order valence-electron chi connectivity index (χ2n) is 3.15. The molecule has 0 aliphatic carbocycles. The van der Waals surface area contributed by atoms with Crippen LogP contribution in [0, 0.1) is 0 Å². The van der Waals surface area contributed by atoms with Crippen LogP contribution in [0.2, 0.25) is 0 Å². The molecule has 1 aromatic rings. The molecule has 0 fully saturated rings. The Morgan fingerprint density at radius 1 is 1.41 bits per heavy atom. The van der Waals surface area contributed by atoms with E-state index in [4.69, 9.17) is 5.11 Å². The van der Waals surface area contributed by atoms with Gasteiger partial charge in [-0.1, -0.05) is 20.3 Å². The summed E-state index contributed by atoms with van der Waals surface area (Å²) in [6, 6.07) is 2.76. The molecule has 1 amide bonds. The minimum Gasteiger partial charge on any atom is -0.505 e. The van der Waals surface area contributed by atoms with Crippen molar-refractivity contribution in [3.05, 3.63) is 24.0 Å². The number of aromatic nitrogens is 1. The Morgan fingerprint density at radius 2 is 2.00 bits per heavy atom. The average molecular weight is 240 g/mol. The summed E-state index contributed by atoms with van der Waals surface area (Å²) >= 11 is 0. The highest BCUT2D eigenvalue weighted by Crippen LogP contribution is 2.11. The van der Waals surface area contributed by atoms with Gasteiger partial charge in [0.25, 0.3) is 5.91 Å². The summed E-state index contributed by atoms with van der Waals surface area (Å²) in [7, 11) is 0. The van der Waals surface area contributed by atoms with E-state index in [-0.39, 0.29) is 11.4 Å².